The summed E-state index contributed by atoms with van der Waals surface area (Å²) in [5.74, 6) is -3.73. The second kappa shape index (κ2) is 25.0. The van der Waals surface area contributed by atoms with E-state index in [4.69, 9.17) is 52.1 Å². The summed E-state index contributed by atoms with van der Waals surface area (Å²) < 4.78 is 68.9. The Labute approximate surface area is 522 Å². The van der Waals surface area contributed by atoms with Crippen LogP contribution in [0.5, 0.6) is 0 Å². The Bertz CT molecular complexity index is 2640. The number of hydrogen-bond acceptors (Lipinski definition) is 27. The van der Waals surface area contributed by atoms with E-state index in [1.807, 2.05) is 27.7 Å². The van der Waals surface area contributed by atoms with Gasteiger partial charge in [0.05, 0.1) is 42.5 Å². The molecule has 0 aromatic carbocycles. The number of aliphatic hydroxyl groups is 13. The average molecular weight is 1290 g/mol. The smallest absolute Gasteiger partial charge is 0.335 e. The zero-order valence-electron chi connectivity index (χ0n) is 53.0. The van der Waals surface area contributed by atoms with Crippen LogP contribution in [0.2, 0.25) is 0 Å². The fraction of sp³-hybridized carbons (Fsp3) is 0.919. The first-order valence-corrected chi connectivity index (χ1v) is 31.9. The average Bonchev–Trinajstić information content (AvgIpc) is 1.35. The predicted octanol–water partition coefficient (Wildman–Crippen LogP) is -1.49. The summed E-state index contributed by atoms with van der Waals surface area (Å²) in [6.07, 6.45) is -39.2. The lowest BCUT2D eigenvalue weighted by Crippen LogP contribution is -2.77. The van der Waals surface area contributed by atoms with Crippen molar-refractivity contribution in [2.75, 3.05) is 13.2 Å². The number of rotatable bonds is 15. The SMILES string of the molecule is C/C=C(/C)C(=O)O[C@H]1[C@H](OC(=O)CC)[C@@]23[C@H](O)C[C@]4(C)[C@@](CC[C@@H]5[C@@]6(C)CC[C@H](O[C@@H]7O[C@H](C(=O)O)[C@@H](O)[C@H](O[C@@H]8O[C@H](CO)[C@H](O)[C@H](O)[C@H]8OC8O[C@@H](C)C(O)[C@@H](O)[C@@H]8O)[C@H]7O[C@@H]7O[C@H](CO)[C@H](O)[C@H](O)[C@H]7O)C(C)(C)[C@@H]6CC[C@]54C)(O[C@@H]2O)[C@@H]3CC1(C)C. The molecule has 10 aliphatic rings. The molecule has 0 aromatic heterocycles. The van der Waals surface area contributed by atoms with Crippen molar-refractivity contribution >= 4 is 17.9 Å². The van der Waals surface area contributed by atoms with Crippen molar-refractivity contribution in [3.05, 3.63) is 11.6 Å². The maximum absolute atomic E-state index is 13.6. The van der Waals surface area contributed by atoms with Crippen LogP contribution < -0.4 is 0 Å². The second-order valence-corrected chi connectivity index (χ2v) is 29.5. The molecule has 28 nitrogen and oxygen atoms in total. The Kier molecular flexibility index (Phi) is 19.5. The fourth-order valence-corrected chi connectivity index (χ4v) is 19.1. The van der Waals surface area contributed by atoms with Gasteiger partial charge in [-0.25, -0.2) is 9.59 Å². The van der Waals surface area contributed by atoms with E-state index in [1.165, 1.54) is 6.92 Å². The lowest BCUT2D eigenvalue weighted by atomic mass is 9.30. The molecule has 0 aromatic rings. The molecule has 2 unspecified atom stereocenters. The Morgan fingerprint density at radius 3 is 1.76 bits per heavy atom. The third kappa shape index (κ3) is 10.7. The number of hydrogen-bond donors (Lipinski definition) is 14. The Balaban J connectivity index is 0.973. The molecule has 0 radical (unpaired) electrons. The van der Waals surface area contributed by atoms with E-state index in [2.05, 4.69) is 20.8 Å². The van der Waals surface area contributed by atoms with Crippen LogP contribution in [0.25, 0.3) is 0 Å². The van der Waals surface area contributed by atoms with E-state index >= 15 is 0 Å². The molecule has 0 amide bonds. The van der Waals surface area contributed by atoms with Crippen LogP contribution >= 0.6 is 0 Å². The number of carbonyl (C=O) groups excluding carboxylic acids is 2. The summed E-state index contributed by atoms with van der Waals surface area (Å²) in [5, 5.41) is 157. The van der Waals surface area contributed by atoms with Crippen molar-refractivity contribution < 1.29 is 138 Å². The first-order valence-electron chi connectivity index (χ1n) is 31.9. The van der Waals surface area contributed by atoms with E-state index in [0.717, 1.165) is 0 Å². The van der Waals surface area contributed by atoms with Gasteiger partial charge in [-0.1, -0.05) is 61.5 Å². The maximum atomic E-state index is 13.6. The largest absolute Gasteiger partial charge is 0.479 e. The lowest BCUT2D eigenvalue weighted by molar-refractivity contribution is -0.406. The van der Waals surface area contributed by atoms with Gasteiger partial charge in [-0.3, -0.25) is 4.79 Å². The molecular weight excluding hydrogens is 1190 g/mol. The van der Waals surface area contributed by atoms with E-state index in [-0.39, 0.29) is 31.1 Å². The predicted molar refractivity (Wildman–Crippen MR) is 303 cm³/mol. The molecular formula is C62H98O28. The van der Waals surface area contributed by atoms with Crippen LogP contribution in [-0.2, 0) is 66.5 Å². The molecule has 10 fully saturated rings. The third-order valence-electron chi connectivity index (χ3n) is 24.3. The van der Waals surface area contributed by atoms with Gasteiger partial charge in [0.2, 0.25) is 0 Å². The van der Waals surface area contributed by atoms with Crippen molar-refractivity contribution in [1.82, 2.24) is 0 Å². The summed E-state index contributed by atoms with van der Waals surface area (Å²) in [7, 11) is 0. The topological polar surface area (TPSA) is 436 Å². The van der Waals surface area contributed by atoms with Crippen LogP contribution in [0, 0.1) is 50.2 Å². The van der Waals surface area contributed by atoms with E-state index in [1.54, 1.807) is 26.8 Å². The van der Waals surface area contributed by atoms with Crippen LogP contribution in [0.3, 0.4) is 0 Å². The molecule has 10 rings (SSSR count). The Hall–Kier alpha value is -2.73. The molecule has 28 heteroatoms. The summed E-state index contributed by atoms with van der Waals surface area (Å²) in [5.41, 5.74) is -5.89. The number of ether oxygens (including phenoxy) is 11. The number of carboxylic acid groups (broad SMARTS) is 1. The van der Waals surface area contributed by atoms with Crippen molar-refractivity contribution in [1.29, 1.82) is 0 Å². The molecule has 5 heterocycles. The lowest BCUT2D eigenvalue weighted by Gasteiger charge is -2.75. The van der Waals surface area contributed by atoms with E-state index in [0.29, 0.717) is 44.1 Å². The van der Waals surface area contributed by atoms with Crippen LogP contribution in [-0.4, -0.2) is 262 Å². The van der Waals surface area contributed by atoms with Crippen molar-refractivity contribution in [2.24, 2.45) is 50.2 Å². The van der Waals surface area contributed by atoms with E-state index < -0.39 is 229 Å². The molecule has 90 heavy (non-hydrogen) atoms. The summed E-state index contributed by atoms with van der Waals surface area (Å²) in [4.78, 5) is 40.4. The quantitative estimate of drug-likeness (QED) is 0.0504. The van der Waals surface area contributed by atoms with Gasteiger partial charge in [0.25, 0.3) is 0 Å². The Morgan fingerprint density at radius 1 is 0.578 bits per heavy atom. The first kappa shape index (κ1) is 70.1. The number of allylic oxidation sites excluding steroid dienone is 1. The number of aliphatic carboxylic acids is 1. The van der Waals surface area contributed by atoms with Gasteiger partial charge in [0.1, 0.15) is 91.6 Å². The Morgan fingerprint density at radius 2 is 1.14 bits per heavy atom. The highest BCUT2D eigenvalue weighted by Gasteiger charge is 2.86. The first-order chi connectivity index (χ1) is 42.0. The summed E-state index contributed by atoms with van der Waals surface area (Å²) in [6, 6.07) is 0. The van der Waals surface area contributed by atoms with Crippen LogP contribution in [0.15, 0.2) is 11.6 Å². The molecule has 5 aliphatic heterocycles. The number of esters is 2. The highest BCUT2D eigenvalue weighted by molar-refractivity contribution is 5.87. The normalized spacial score (nSPS) is 53.0. The minimum Gasteiger partial charge on any atom is -0.479 e. The van der Waals surface area contributed by atoms with Crippen LogP contribution in [0.4, 0.5) is 0 Å². The van der Waals surface area contributed by atoms with Crippen molar-refractivity contribution in [3.8, 4) is 0 Å². The zero-order valence-corrected chi connectivity index (χ0v) is 53.0. The van der Waals surface area contributed by atoms with Gasteiger partial charge < -0.3 is 124 Å². The third-order valence-corrected chi connectivity index (χ3v) is 24.3. The highest BCUT2D eigenvalue weighted by atomic mass is 16.8. The number of carboxylic acids is 1. The number of fused-ring (bicyclic) bond motifs is 4. The number of aliphatic hydroxyl groups excluding tert-OH is 13. The molecule has 2 bridgehead atoms. The molecule has 5 saturated heterocycles. The van der Waals surface area contributed by atoms with Gasteiger partial charge in [0, 0.05) is 28.7 Å². The van der Waals surface area contributed by atoms with Gasteiger partial charge in [0.15, 0.2) is 43.7 Å². The summed E-state index contributed by atoms with van der Waals surface area (Å²) >= 11 is 0. The van der Waals surface area contributed by atoms with E-state index in [9.17, 15) is 85.9 Å². The fourth-order valence-electron chi connectivity index (χ4n) is 19.1. The highest BCUT2D eigenvalue weighted by Crippen LogP contribution is 2.82. The zero-order chi connectivity index (χ0) is 66.2. The monoisotopic (exact) mass is 1290 g/mol. The molecule has 5 aliphatic carbocycles. The van der Waals surface area contributed by atoms with Gasteiger partial charge >= 0.3 is 17.9 Å². The van der Waals surface area contributed by atoms with Gasteiger partial charge in [-0.15, -0.1) is 0 Å². The number of carbonyl (C=O) groups is 3. The van der Waals surface area contributed by atoms with Crippen molar-refractivity contribution in [3.63, 3.8) is 0 Å². The van der Waals surface area contributed by atoms with Crippen molar-refractivity contribution in [2.45, 2.75) is 293 Å². The van der Waals surface area contributed by atoms with Gasteiger partial charge in [-0.05, 0) is 100 Å². The minimum atomic E-state index is -2.29. The molecule has 514 valence electrons. The summed E-state index contributed by atoms with van der Waals surface area (Å²) in [6.45, 7) is 19.0. The van der Waals surface area contributed by atoms with Crippen LogP contribution in [0.1, 0.15) is 134 Å². The molecule has 1 spiro atoms. The molecule has 33 atom stereocenters. The standard InChI is InChI=1S/C62H98O28/c1-12-24(3)50(78)89-47-48(84-33(66)13-2)62-30(20-56(47,5)6)61(90-55(62)79)19-15-29-58(9)17-16-32(57(7,8)28(58)14-18-59(29,10)60(61,11)21-31(62)65)83-54-46(88-52-41(74)38(71)35(68)26(22-63)81-52)43(42(75)44(86-54)49(76)77)85-53-45(39(72)36(69)27(23-64)82-53)87-51-40(73)37(70)34(67)25(4)80-51/h12,25-32,34-48,51-55,63-65,67-75,79H,13-23H2,1-11H3,(H,76,77)/b24-12-/t25-,26+,27+,28-,29+,30-,31+,32-,34?,35-,36-,37+,38-,39-,40-,41+,42-,43-,44-,45+,46+,47-,48-,51?,52-,53-,54+,55-,58-,59+,60-,61-,62+/m0/s1. The van der Waals surface area contributed by atoms with Gasteiger partial charge in [-0.2, -0.15) is 0 Å². The molecule has 5 saturated carbocycles. The maximum Gasteiger partial charge on any atom is 0.335 e. The molecule has 14 N–H and O–H groups in total. The minimum absolute atomic E-state index is 0.0172. The second-order valence-electron chi connectivity index (χ2n) is 29.5.